The normalized spacial score (nSPS) is 12.5. The van der Waals surface area contributed by atoms with Gasteiger partial charge in [0.1, 0.15) is 0 Å². The number of nitrogens with zero attached hydrogens (tertiary/aromatic N) is 1. The summed E-state index contributed by atoms with van der Waals surface area (Å²) in [5.74, 6) is 0.00727. The molecular formula is C14H8ClF6N. The molecule has 0 saturated carbocycles. The third-order valence-electron chi connectivity index (χ3n) is 2.93. The molecule has 1 nitrogen and oxygen atoms in total. The lowest BCUT2D eigenvalue weighted by molar-refractivity contribution is -0.142. The molecule has 22 heavy (non-hydrogen) atoms. The minimum Gasteiger partial charge on any atom is -0.259 e. The van der Waals surface area contributed by atoms with Crippen molar-refractivity contribution in [3.63, 3.8) is 0 Å². The van der Waals surface area contributed by atoms with Crippen molar-refractivity contribution >= 4 is 11.6 Å². The predicted molar refractivity (Wildman–Crippen MR) is 69.2 cm³/mol. The maximum Gasteiger partial charge on any atom is 0.417 e. The van der Waals surface area contributed by atoms with E-state index in [1.54, 1.807) is 0 Å². The van der Waals surface area contributed by atoms with Gasteiger partial charge in [-0.25, -0.2) is 0 Å². The molecule has 8 heteroatoms. The first-order chi connectivity index (χ1) is 10.1. The third kappa shape index (κ3) is 3.35. The highest BCUT2D eigenvalue weighted by atomic mass is 35.5. The van der Waals surface area contributed by atoms with Gasteiger partial charge in [-0.1, -0.05) is 12.1 Å². The van der Waals surface area contributed by atoms with Gasteiger partial charge in [-0.2, -0.15) is 26.3 Å². The molecule has 0 atom stereocenters. The molecule has 0 unspecified atom stereocenters. The van der Waals surface area contributed by atoms with Gasteiger partial charge in [0, 0.05) is 17.3 Å². The summed E-state index contributed by atoms with van der Waals surface area (Å²) in [4.78, 5) is 3.75. The minimum absolute atomic E-state index is 0.00727. The molecule has 0 aliphatic rings. The van der Waals surface area contributed by atoms with E-state index in [0.717, 1.165) is 18.3 Å². The summed E-state index contributed by atoms with van der Waals surface area (Å²) in [5.41, 5.74) is -3.57. The predicted octanol–water partition coefficient (Wildman–Crippen LogP) is 5.53. The highest BCUT2D eigenvalue weighted by Crippen LogP contribution is 2.44. The third-order valence-corrected chi connectivity index (χ3v) is 3.20. The van der Waals surface area contributed by atoms with Crippen molar-refractivity contribution in [2.75, 3.05) is 0 Å². The number of alkyl halides is 7. The second kappa shape index (κ2) is 5.79. The fourth-order valence-electron chi connectivity index (χ4n) is 1.99. The lowest BCUT2D eigenvalue weighted by atomic mass is 9.94. The second-order valence-electron chi connectivity index (χ2n) is 4.40. The van der Waals surface area contributed by atoms with Crippen LogP contribution in [0.2, 0.25) is 0 Å². The largest absolute Gasteiger partial charge is 0.417 e. The molecule has 2 rings (SSSR count). The van der Waals surface area contributed by atoms with E-state index in [-0.39, 0.29) is 11.4 Å². The van der Waals surface area contributed by atoms with Crippen LogP contribution in [-0.2, 0) is 18.2 Å². The van der Waals surface area contributed by atoms with Crippen molar-refractivity contribution in [3.05, 3.63) is 53.3 Å². The zero-order chi connectivity index (χ0) is 16.5. The number of benzene rings is 1. The summed E-state index contributed by atoms with van der Waals surface area (Å²) in [5, 5.41) is 0. The molecule has 0 fully saturated rings. The van der Waals surface area contributed by atoms with Crippen LogP contribution in [0, 0.1) is 0 Å². The summed E-state index contributed by atoms with van der Waals surface area (Å²) < 4.78 is 78.2. The van der Waals surface area contributed by atoms with E-state index in [1.165, 1.54) is 6.07 Å². The number of rotatable bonds is 2. The van der Waals surface area contributed by atoms with E-state index < -0.39 is 29.0 Å². The van der Waals surface area contributed by atoms with E-state index in [9.17, 15) is 26.3 Å². The molecule has 1 aromatic heterocycles. The zero-order valence-corrected chi connectivity index (χ0v) is 11.5. The number of pyridine rings is 1. The zero-order valence-electron chi connectivity index (χ0n) is 10.8. The van der Waals surface area contributed by atoms with Gasteiger partial charge in [0.2, 0.25) is 0 Å². The monoisotopic (exact) mass is 339 g/mol. The second-order valence-corrected chi connectivity index (χ2v) is 4.66. The van der Waals surface area contributed by atoms with Crippen molar-refractivity contribution in [1.82, 2.24) is 4.98 Å². The summed E-state index contributed by atoms with van der Waals surface area (Å²) >= 11 is 5.51. The van der Waals surface area contributed by atoms with Crippen LogP contribution in [0.3, 0.4) is 0 Å². The molecule has 0 amide bonds. The Morgan fingerprint density at radius 3 is 1.77 bits per heavy atom. The van der Waals surface area contributed by atoms with Crippen molar-refractivity contribution in [2.24, 2.45) is 0 Å². The van der Waals surface area contributed by atoms with Gasteiger partial charge in [-0.05, 0) is 18.2 Å². The van der Waals surface area contributed by atoms with Crippen LogP contribution in [0.15, 0.2) is 36.5 Å². The number of halogens is 7. The quantitative estimate of drug-likeness (QED) is 0.518. The SMILES string of the molecule is FC(F)(F)c1cccc(C(F)(F)F)c1-c1ccc(CCl)nc1. The fraction of sp³-hybridized carbons (Fsp3) is 0.214. The average molecular weight is 340 g/mol. The Balaban J connectivity index is 2.74. The molecule has 0 spiro atoms. The van der Waals surface area contributed by atoms with E-state index in [2.05, 4.69) is 4.98 Å². The molecule has 0 aliphatic heterocycles. The summed E-state index contributed by atoms with van der Waals surface area (Å²) in [6.45, 7) is 0. The number of hydrogen-bond donors (Lipinski definition) is 0. The molecular weight excluding hydrogens is 332 g/mol. The van der Waals surface area contributed by atoms with Crippen molar-refractivity contribution in [3.8, 4) is 11.1 Å². The van der Waals surface area contributed by atoms with E-state index >= 15 is 0 Å². The summed E-state index contributed by atoms with van der Waals surface area (Å²) in [6, 6.07) is 4.38. The van der Waals surface area contributed by atoms with Crippen molar-refractivity contribution in [1.29, 1.82) is 0 Å². The lowest BCUT2D eigenvalue weighted by Crippen LogP contribution is -2.14. The molecule has 118 valence electrons. The van der Waals surface area contributed by atoms with Gasteiger partial charge >= 0.3 is 12.4 Å². The Bertz CT molecular complexity index is 628. The molecule has 1 aromatic carbocycles. The first kappa shape index (κ1) is 16.6. The van der Waals surface area contributed by atoms with Gasteiger partial charge in [0.05, 0.1) is 22.7 Å². The van der Waals surface area contributed by atoms with Crippen LogP contribution in [0.25, 0.3) is 11.1 Å². The highest BCUT2D eigenvalue weighted by Gasteiger charge is 2.40. The lowest BCUT2D eigenvalue weighted by Gasteiger charge is -2.18. The fourth-order valence-corrected chi connectivity index (χ4v) is 2.15. The van der Waals surface area contributed by atoms with Gasteiger partial charge in [0.15, 0.2) is 0 Å². The van der Waals surface area contributed by atoms with Gasteiger partial charge in [-0.15, -0.1) is 11.6 Å². The molecule has 2 aromatic rings. The Morgan fingerprint density at radius 1 is 0.864 bits per heavy atom. The Labute approximate surface area is 126 Å². The van der Waals surface area contributed by atoms with Crippen LogP contribution in [0.4, 0.5) is 26.3 Å². The summed E-state index contributed by atoms with van der Waals surface area (Å²) in [6.07, 6.45) is -8.87. The van der Waals surface area contributed by atoms with Crippen LogP contribution >= 0.6 is 11.6 Å². The van der Waals surface area contributed by atoms with E-state index in [4.69, 9.17) is 11.6 Å². The number of hydrogen-bond acceptors (Lipinski definition) is 1. The highest BCUT2D eigenvalue weighted by molar-refractivity contribution is 6.16. The van der Waals surface area contributed by atoms with Crippen molar-refractivity contribution < 1.29 is 26.3 Å². The summed E-state index contributed by atoms with van der Waals surface area (Å²) in [7, 11) is 0. The standard InChI is InChI=1S/C14H8ClF6N/c15-6-9-5-4-8(7-22-9)12-10(13(16,17)18)2-1-3-11(12)14(19,20)21/h1-5,7H,6H2. The smallest absolute Gasteiger partial charge is 0.259 e. The molecule has 0 aliphatic carbocycles. The minimum atomic E-state index is -4.91. The average Bonchev–Trinajstić information content (AvgIpc) is 2.45. The topological polar surface area (TPSA) is 12.9 Å². The molecule has 0 saturated heterocycles. The van der Waals surface area contributed by atoms with Crippen LogP contribution < -0.4 is 0 Å². The molecule has 0 N–H and O–H groups in total. The Morgan fingerprint density at radius 2 is 1.41 bits per heavy atom. The number of aromatic nitrogens is 1. The Hall–Kier alpha value is -1.76. The van der Waals surface area contributed by atoms with Gasteiger partial charge in [-0.3, -0.25) is 4.98 Å². The first-order valence-corrected chi connectivity index (χ1v) is 6.46. The van der Waals surface area contributed by atoms with Crippen LogP contribution in [0.5, 0.6) is 0 Å². The molecule has 0 bridgehead atoms. The molecule has 1 heterocycles. The van der Waals surface area contributed by atoms with Gasteiger partial charge < -0.3 is 0 Å². The van der Waals surface area contributed by atoms with Gasteiger partial charge in [0.25, 0.3) is 0 Å². The maximum atomic E-state index is 13.0. The Kier molecular flexibility index (Phi) is 4.37. The molecule has 0 radical (unpaired) electrons. The van der Waals surface area contributed by atoms with E-state index in [1.807, 2.05) is 0 Å². The van der Waals surface area contributed by atoms with Crippen molar-refractivity contribution in [2.45, 2.75) is 18.2 Å². The maximum absolute atomic E-state index is 13.0. The first-order valence-electron chi connectivity index (χ1n) is 5.93. The van der Waals surface area contributed by atoms with Crippen LogP contribution in [0.1, 0.15) is 16.8 Å². The van der Waals surface area contributed by atoms with Crippen LogP contribution in [-0.4, -0.2) is 4.98 Å². The van der Waals surface area contributed by atoms with E-state index in [0.29, 0.717) is 17.8 Å².